The number of carbonyl (C=O) groups is 3. The number of aromatic nitrogens is 3. The number of hydrogen-bond donors (Lipinski definition) is 3. The van der Waals surface area contributed by atoms with Gasteiger partial charge >= 0.3 is 5.97 Å². The first-order chi connectivity index (χ1) is 15.3. The predicted octanol–water partition coefficient (Wildman–Crippen LogP) is 2.55. The minimum Gasteiger partial charge on any atom is -0.477 e. The highest BCUT2D eigenvalue weighted by molar-refractivity contribution is 7.17. The van der Waals surface area contributed by atoms with Crippen molar-refractivity contribution in [1.82, 2.24) is 20.4 Å². The Morgan fingerprint density at radius 3 is 2.69 bits per heavy atom. The van der Waals surface area contributed by atoms with Gasteiger partial charge in [-0.15, -0.1) is 0 Å². The number of thiazole rings is 1. The van der Waals surface area contributed by atoms with E-state index >= 15 is 0 Å². The summed E-state index contributed by atoms with van der Waals surface area (Å²) >= 11 is 0.834. The Hall–Kier alpha value is -4.11. The van der Waals surface area contributed by atoms with E-state index in [1.54, 1.807) is 31.2 Å². The third kappa shape index (κ3) is 5.52. The summed E-state index contributed by atoms with van der Waals surface area (Å²) in [6.07, 6.45) is -0.287. The molecule has 0 fully saturated rings. The van der Waals surface area contributed by atoms with E-state index in [9.17, 15) is 14.4 Å². The number of aromatic carboxylic acids is 1. The van der Waals surface area contributed by atoms with Crippen molar-refractivity contribution in [2.24, 2.45) is 0 Å². The molecule has 0 aliphatic heterocycles. The van der Waals surface area contributed by atoms with Crippen LogP contribution in [0.5, 0.6) is 0 Å². The Bertz CT molecular complexity index is 1210. The molecule has 2 heterocycles. The quantitative estimate of drug-likeness (QED) is 0.462. The highest BCUT2D eigenvalue weighted by atomic mass is 32.1. The van der Waals surface area contributed by atoms with Crippen molar-refractivity contribution in [3.63, 3.8) is 0 Å². The monoisotopic (exact) mass is 454 g/mol. The van der Waals surface area contributed by atoms with Gasteiger partial charge in [-0.05, 0) is 19.1 Å². The summed E-state index contributed by atoms with van der Waals surface area (Å²) in [5, 5.41) is 27.3. The summed E-state index contributed by atoms with van der Waals surface area (Å²) in [7, 11) is 0. The summed E-state index contributed by atoms with van der Waals surface area (Å²) in [6.45, 7) is 3.18. The molecule has 0 saturated heterocycles. The summed E-state index contributed by atoms with van der Waals surface area (Å²) in [5.41, 5.74) is 1.17. The third-order valence-electron chi connectivity index (χ3n) is 4.25. The number of carbonyl (C=O) groups excluding carboxylic acids is 2. The number of nitrogens with one attached hydrogen (secondary N) is 2. The Kier molecular flexibility index (Phi) is 6.91. The topological polar surface area (TPSA) is 171 Å². The largest absolute Gasteiger partial charge is 0.477 e. The van der Waals surface area contributed by atoms with Gasteiger partial charge in [0.25, 0.3) is 5.91 Å². The van der Waals surface area contributed by atoms with Gasteiger partial charge in [-0.3, -0.25) is 9.59 Å². The molecule has 3 rings (SSSR count). The van der Waals surface area contributed by atoms with E-state index in [4.69, 9.17) is 14.9 Å². The van der Waals surface area contributed by atoms with Crippen LogP contribution < -0.4 is 10.6 Å². The number of carboxylic acid groups (broad SMARTS) is 1. The summed E-state index contributed by atoms with van der Waals surface area (Å²) in [5.74, 6) is -1.38. The molecular weight excluding hydrogens is 436 g/mol. The van der Waals surface area contributed by atoms with Crippen LogP contribution in [-0.2, 0) is 4.79 Å². The normalized spacial score (nSPS) is 11.4. The van der Waals surface area contributed by atoms with Crippen LogP contribution in [-0.4, -0.2) is 44.1 Å². The number of aryl methyl sites for hydroxylation is 2. The molecule has 3 aromatic rings. The van der Waals surface area contributed by atoms with Crippen molar-refractivity contribution in [3.8, 4) is 17.5 Å². The minimum absolute atomic E-state index is 0.0267. The summed E-state index contributed by atoms with van der Waals surface area (Å²) in [6, 6.07) is 7.73. The molecule has 12 heteroatoms. The molecule has 0 radical (unpaired) electrons. The van der Waals surface area contributed by atoms with E-state index in [1.165, 1.54) is 6.92 Å². The first kappa shape index (κ1) is 22.6. The number of rotatable bonds is 8. The van der Waals surface area contributed by atoms with Crippen molar-refractivity contribution in [3.05, 3.63) is 46.3 Å². The molecule has 164 valence electrons. The molecule has 0 unspecified atom stereocenters. The summed E-state index contributed by atoms with van der Waals surface area (Å²) in [4.78, 5) is 44.3. The van der Waals surface area contributed by atoms with Crippen LogP contribution in [0.15, 0.2) is 28.8 Å². The molecule has 0 aliphatic rings. The van der Waals surface area contributed by atoms with Gasteiger partial charge in [0, 0.05) is 24.5 Å². The van der Waals surface area contributed by atoms with E-state index in [2.05, 4.69) is 25.8 Å². The lowest BCUT2D eigenvalue weighted by Crippen LogP contribution is -2.37. The second-order valence-electron chi connectivity index (χ2n) is 6.74. The molecule has 3 N–H and O–H groups in total. The Balaban J connectivity index is 1.66. The maximum atomic E-state index is 12.7. The van der Waals surface area contributed by atoms with Crippen molar-refractivity contribution < 1.29 is 24.0 Å². The van der Waals surface area contributed by atoms with Crippen molar-refractivity contribution >= 4 is 34.3 Å². The molecule has 1 atom stereocenters. The lowest BCUT2D eigenvalue weighted by atomic mass is 10.1. The molecule has 0 saturated carbocycles. The molecule has 0 spiro atoms. The smallest absolute Gasteiger partial charge is 0.347 e. The number of benzene rings is 1. The lowest BCUT2D eigenvalue weighted by Gasteiger charge is -2.15. The Labute approximate surface area is 186 Å². The van der Waals surface area contributed by atoms with Gasteiger partial charge in [0.2, 0.25) is 17.6 Å². The molecular formula is C20H18N6O5S. The highest BCUT2D eigenvalue weighted by Gasteiger charge is 2.20. The molecule has 2 amide bonds. The zero-order chi connectivity index (χ0) is 23.3. The van der Waals surface area contributed by atoms with Crippen LogP contribution in [0.1, 0.15) is 44.5 Å². The predicted molar refractivity (Wildman–Crippen MR) is 113 cm³/mol. The highest BCUT2D eigenvalue weighted by Crippen LogP contribution is 2.23. The van der Waals surface area contributed by atoms with Gasteiger partial charge in [0.15, 0.2) is 5.13 Å². The Morgan fingerprint density at radius 1 is 1.28 bits per heavy atom. The van der Waals surface area contributed by atoms with Crippen LogP contribution in [0.2, 0.25) is 0 Å². The molecule has 32 heavy (non-hydrogen) atoms. The van der Waals surface area contributed by atoms with Crippen LogP contribution in [0.25, 0.3) is 11.4 Å². The fourth-order valence-electron chi connectivity index (χ4n) is 2.81. The van der Waals surface area contributed by atoms with E-state index < -0.39 is 23.8 Å². The van der Waals surface area contributed by atoms with Gasteiger partial charge < -0.3 is 20.3 Å². The van der Waals surface area contributed by atoms with Gasteiger partial charge in [0.05, 0.1) is 24.2 Å². The van der Waals surface area contributed by atoms with Gasteiger partial charge in [-0.2, -0.15) is 10.2 Å². The molecule has 2 aromatic heterocycles. The number of hydrogen-bond acceptors (Lipinski definition) is 9. The van der Waals surface area contributed by atoms with Crippen LogP contribution >= 0.6 is 11.3 Å². The number of amides is 2. The maximum absolute atomic E-state index is 12.7. The van der Waals surface area contributed by atoms with Crippen LogP contribution in [0, 0.1) is 25.2 Å². The van der Waals surface area contributed by atoms with E-state index in [0.717, 1.165) is 11.3 Å². The van der Waals surface area contributed by atoms with E-state index in [0.29, 0.717) is 22.8 Å². The molecule has 0 aliphatic carbocycles. The van der Waals surface area contributed by atoms with Gasteiger partial charge in [0.1, 0.15) is 4.88 Å². The van der Waals surface area contributed by atoms with Crippen LogP contribution in [0.3, 0.4) is 0 Å². The second-order valence-corrected chi connectivity index (χ2v) is 7.74. The first-order valence-corrected chi connectivity index (χ1v) is 10.2. The fraction of sp³-hybridized carbons (Fsp3) is 0.250. The van der Waals surface area contributed by atoms with Gasteiger partial charge in [-0.25, -0.2) is 9.78 Å². The number of nitriles is 1. The van der Waals surface area contributed by atoms with Crippen molar-refractivity contribution in [2.45, 2.75) is 32.7 Å². The Morgan fingerprint density at radius 2 is 2.06 bits per heavy atom. The minimum atomic E-state index is -1.13. The van der Waals surface area contributed by atoms with E-state index in [-0.39, 0.29) is 28.5 Å². The first-order valence-electron chi connectivity index (χ1n) is 9.36. The van der Waals surface area contributed by atoms with E-state index in [1.807, 2.05) is 6.07 Å². The molecule has 0 bridgehead atoms. The molecule has 11 nitrogen and oxygen atoms in total. The van der Waals surface area contributed by atoms with Crippen LogP contribution in [0.4, 0.5) is 5.13 Å². The van der Waals surface area contributed by atoms with Gasteiger partial charge in [-0.1, -0.05) is 28.6 Å². The standard InChI is InChI=1S/C20H18N6O5S/c1-10-16(19(29)30)32-20(22-10)25-15(27)9-14(6-7-21)24-18(28)13-5-3-4-12(8-13)17-23-11(2)31-26-17/h3-5,8,14H,6,9H2,1-2H3,(H,24,28)(H,29,30)(H,22,25,27)/t14-/m0/s1. The molecule has 1 aromatic carbocycles. The average Bonchev–Trinajstić information content (AvgIpc) is 3.33. The maximum Gasteiger partial charge on any atom is 0.347 e. The lowest BCUT2D eigenvalue weighted by molar-refractivity contribution is -0.116. The zero-order valence-corrected chi connectivity index (χ0v) is 17.9. The average molecular weight is 454 g/mol. The fourth-order valence-corrected chi connectivity index (χ4v) is 3.63. The van der Waals surface area contributed by atoms with Crippen molar-refractivity contribution in [1.29, 1.82) is 5.26 Å². The SMILES string of the molecule is Cc1nc(-c2cccc(C(=O)N[C@@H](CC#N)CC(=O)Nc3nc(C)c(C(=O)O)s3)c2)no1. The third-order valence-corrected chi connectivity index (χ3v) is 5.31. The number of nitrogens with zero attached hydrogens (tertiary/aromatic N) is 4. The number of anilines is 1. The van der Waals surface area contributed by atoms with Crippen molar-refractivity contribution in [2.75, 3.05) is 5.32 Å². The zero-order valence-electron chi connectivity index (χ0n) is 17.1. The second kappa shape index (κ2) is 9.80. The number of carboxylic acids is 1. The summed E-state index contributed by atoms with van der Waals surface area (Å²) < 4.78 is 4.95.